The van der Waals surface area contributed by atoms with Gasteiger partial charge in [0.05, 0.1) is 17.6 Å². The van der Waals surface area contributed by atoms with Gasteiger partial charge in [-0.25, -0.2) is 4.79 Å². The van der Waals surface area contributed by atoms with Crippen LogP contribution in [-0.4, -0.2) is 21.0 Å². The van der Waals surface area contributed by atoms with Crippen LogP contribution in [0.25, 0.3) is 22.2 Å². The van der Waals surface area contributed by atoms with Crippen LogP contribution in [0.2, 0.25) is 0 Å². The SMILES string of the molecule is O=C(O)c1cnc2c3ccccc3cc-2[nH]1. The lowest BCUT2D eigenvalue weighted by molar-refractivity contribution is 0.0690. The third-order valence-electron chi connectivity index (χ3n) is 2.59. The van der Waals surface area contributed by atoms with Crippen LogP contribution in [-0.2, 0) is 0 Å². The Morgan fingerprint density at radius 2 is 2.12 bits per heavy atom. The minimum absolute atomic E-state index is 0.0998. The number of fused-ring (bicyclic) bond motifs is 3. The number of rotatable bonds is 1. The van der Waals surface area contributed by atoms with Gasteiger partial charge in [-0.1, -0.05) is 24.3 Å². The van der Waals surface area contributed by atoms with Gasteiger partial charge < -0.3 is 10.1 Å². The Balaban J connectivity index is 2.37. The second-order valence-corrected chi connectivity index (χ2v) is 3.60. The fourth-order valence-electron chi connectivity index (χ4n) is 1.86. The van der Waals surface area contributed by atoms with E-state index in [0.717, 1.165) is 22.2 Å². The van der Waals surface area contributed by atoms with E-state index in [9.17, 15) is 4.79 Å². The van der Waals surface area contributed by atoms with E-state index in [1.807, 2.05) is 30.3 Å². The monoisotopic (exact) mass is 212 g/mol. The lowest BCUT2D eigenvalue weighted by Gasteiger charge is -2.01. The normalized spacial score (nSPS) is 11.0. The molecule has 16 heavy (non-hydrogen) atoms. The van der Waals surface area contributed by atoms with Crippen LogP contribution >= 0.6 is 0 Å². The van der Waals surface area contributed by atoms with E-state index in [2.05, 4.69) is 9.97 Å². The number of carbonyl (C=O) groups is 1. The summed E-state index contributed by atoms with van der Waals surface area (Å²) in [5.74, 6) is -1.00. The molecule has 0 amide bonds. The van der Waals surface area contributed by atoms with Gasteiger partial charge in [0.25, 0.3) is 0 Å². The number of H-pyrrole nitrogens is 1. The maximum Gasteiger partial charge on any atom is 0.353 e. The van der Waals surface area contributed by atoms with Crippen LogP contribution in [0.5, 0.6) is 0 Å². The minimum atomic E-state index is -1.00. The number of hydrogen-bond acceptors (Lipinski definition) is 2. The Morgan fingerprint density at radius 1 is 1.31 bits per heavy atom. The summed E-state index contributed by atoms with van der Waals surface area (Å²) in [5, 5.41) is 10.9. The summed E-state index contributed by atoms with van der Waals surface area (Å²) in [6, 6.07) is 9.74. The van der Waals surface area contributed by atoms with E-state index < -0.39 is 5.97 Å². The molecule has 1 aliphatic heterocycles. The summed E-state index contributed by atoms with van der Waals surface area (Å²) in [6.45, 7) is 0. The zero-order valence-electron chi connectivity index (χ0n) is 8.27. The van der Waals surface area contributed by atoms with E-state index >= 15 is 0 Å². The lowest BCUT2D eigenvalue weighted by Crippen LogP contribution is -2.02. The Hall–Kier alpha value is -2.36. The summed E-state index contributed by atoms with van der Waals surface area (Å²) in [4.78, 5) is 17.8. The Kier molecular flexibility index (Phi) is 1.71. The molecule has 0 saturated heterocycles. The number of aromatic nitrogens is 2. The maximum absolute atomic E-state index is 10.8. The minimum Gasteiger partial charge on any atom is -0.477 e. The number of aromatic amines is 1. The molecule has 1 aliphatic carbocycles. The molecule has 1 aromatic carbocycles. The number of nitrogens with one attached hydrogen (secondary N) is 1. The molecule has 1 heterocycles. The molecule has 0 bridgehead atoms. The van der Waals surface area contributed by atoms with Crippen molar-refractivity contribution in [3.05, 3.63) is 42.2 Å². The van der Waals surface area contributed by atoms with Crippen molar-refractivity contribution in [3.63, 3.8) is 0 Å². The molecule has 0 aromatic heterocycles. The van der Waals surface area contributed by atoms with Crippen LogP contribution in [0.4, 0.5) is 0 Å². The summed E-state index contributed by atoms with van der Waals surface area (Å²) >= 11 is 0. The van der Waals surface area contributed by atoms with E-state index in [4.69, 9.17) is 5.11 Å². The first kappa shape index (κ1) is 8.91. The van der Waals surface area contributed by atoms with Crippen molar-refractivity contribution < 1.29 is 9.90 Å². The van der Waals surface area contributed by atoms with Gasteiger partial charge in [-0.3, -0.25) is 4.98 Å². The largest absolute Gasteiger partial charge is 0.477 e. The predicted octanol–water partition coefficient (Wildman–Crippen LogP) is 2.37. The second kappa shape index (κ2) is 3.06. The molecular formula is C12H8N2O2. The molecule has 0 fully saturated rings. The number of carboxylic acids is 1. The molecule has 4 heteroatoms. The highest BCUT2D eigenvalue weighted by atomic mass is 16.4. The van der Waals surface area contributed by atoms with Crippen molar-refractivity contribution >= 4 is 16.7 Å². The summed E-state index contributed by atoms with van der Waals surface area (Å²) in [5.41, 5.74) is 1.66. The molecule has 0 unspecified atom stereocenters. The first-order valence-corrected chi connectivity index (χ1v) is 4.85. The predicted molar refractivity (Wildman–Crippen MR) is 59.7 cm³/mol. The first-order chi connectivity index (χ1) is 7.75. The van der Waals surface area contributed by atoms with Crippen LogP contribution in [0, 0.1) is 0 Å². The molecular weight excluding hydrogens is 204 g/mol. The Bertz CT molecular complexity index is 657. The zero-order valence-corrected chi connectivity index (χ0v) is 8.27. The van der Waals surface area contributed by atoms with Crippen molar-refractivity contribution in [1.82, 2.24) is 9.97 Å². The van der Waals surface area contributed by atoms with Gasteiger partial charge in [0.15, 0.2) is 0 Å². The third-order valence-corrected chi connectivity index (χ3v) is 2.59. The summed E-state index contributed by atoms with van der Waals surface area (Å²) < 4.78 is 0. The molecule has 2 aliphatic rings. The van der Waals surface area contributed by atoms with Crippen molar-refractivity contribution in [1.29, 1.82) is 0 Å². The average Bonchev–Trinajstić information content (AvgIpc) is 2.66. The molecule has 3 rings (SSSR count). The highest BCUT2D eigenvalue weighted by Crippen LogP contribution is 2.30. The number of hydrogen-bond donors (Lipinski definition) is 2. The van der Waals surface area contributed by atoms with Crippen LogP contribution in [0.15, 0.2) is 36.5 Å². The zero-order chi connectivity index (χ0) is 11.1. The Labute approximate surface area is 90.9 Å². The molecule has 2 N–H and O–H groups in total. The number of nitrogens with zero attached hydrogens (tertiary/aromatic N) is 1. The second-order valence-electron chi connectivity index (χ2n) is 3.60. The molecule has 0 saturated carbocycles. The van der Waals surface area contributed by atoms with Crippen molar-refractivity contribution in [2.45, 2.75) is 0 Å². The van der Waals surface area contributed by atoms with E-state index in [1.165, 1.54) is 6.20 Å². The van der Waals surface area contributed by atoms with Gasteiger partial charge in [-0.2, -0.15) is 0 Å². The van der Waals surface area contributed by atoms with E-state index in [0.29, 0.717) is 0 Å². The van der Waals surface area contributed by atoms with Crippen LogP contribution in [0.1, 0.15) is 10.5 Å². The van der Waals surface area contributed by atoms with Gasteiger partial charge >= 0.3 is 5.97 Å². The van der Waals surface area contributed by atoms with Crippen LogP contribution < -0.4 is 0 Å². The van der Waals surface area contributed by atoms with E-state index in [-0.39, 0.29) is 5.69 Å². The topological polar surface area (TPSA) is 66.0 Å². The molecule has 1 aromatic rings. The standard InChI is InChI=1S/C12H8N2O2/c15-12(16)10-6-13-11-8-4-2-1-3-7(8)5-9(11)14-10/h1-6,14H,(H,15,16). The number of aromatic carboxylic acids is 1. The summed E-state index contributed by atoms with van der Waals surface area (Å²) in [7, 11) is 0. The van der Waals surface area contributed by atoms with Crippen LogP contribution in [0.3, 0.4) is 0 Å². The van der Waals surface area contributed by atoms with Gasteiger partial charge in [-0.05, 0) is 11.5 Å². The number of benzene rings is 1. The maximum atomic E-state index is 10.8. The smallest absolute Gasteiger partial charge is 0.353 e. The van der Waals surface area contributed by atoms with Gasteiger partial charge in [0.2, 0.25) is 0 Å². The molecule has 0 spiro atoms. The van der Waals surface area contributed by atoms with Crippen molar-refractivity contribution in [2.75, 3.05) is 0 Å². The summed E-state index contributed by atoms with van der Waals surface area (Å²) in [6.07, 6.45) is 1.34. The number of carboxylic acid groups (broad SMARTS) is 1. The van der Waals surface area contributed by atoms with Gasteiger partial charge in [-0.15, -0.1) is 0 Å². The third kappa shape index (κ3) is 1.16. The first-order valence-electron chi connectivity index (χ1n) is 4.85. The average molecular weight is 212 g/mol. The molecule has 78 valence electrons. The van der Waals surface area contributed by atoms with Crippen molar-refractivity contribution in [3.8, 4) is 11.4 Å². The fraction of sp³-hybridized carbons (Fsp3) is 0. The molecule has 0 atom stereocenters. The van der Waals surface area contributed by atoms with Gasteiger partial charge in [0, 0.05) is 5.39 Å². The fourth-order valence-corrected chi connectivity index (χ4v) is 1.86. The Morgan fingerprint density at radius 3 is 2.94 bits per heavy atom. The highest BCUT2D eigenvalue weighted by Gasteiger charge is 2.13. The molecule has 0 radical (unpaired) electrons. The quantitative estimate of drug-likeness (QED) is 0.650. The highest BCUT2D eigenvalue weighted by molar-refractivity contribution is 6.00. The van der Waals surface area contributed by atoms with E-state index in [1.54, 1.807) is 0 Å². The molecule has 4 nitrogen and oxygen atoms in total. The van der Waals surface area contributed by atoms with Gasteiger partial charge in [0.1, 0.15) is 5.69 Å². The lowest BCUT2D eigenvalue weighted by atomic mass is 10.2. The van der Waals surface area contributed by atoms with Crippen molar-refractivity contribution in [2.24, 2.45) is 0 Å².